The summed E-state index contributed by atoms with van der Waals surface area (Å²) in [5.74, 6) is -0.853. The van der Waals surface area contributed by atoms with E-state index in [-0.39, 0.29) is 12.3 Å². The van der Waals surface area contributed by atoms with Crippen LogP contribution in [0.1, 0.15) is 12.5 Å². The quantitative estimate of drug-likeness (QED) is 0.591. The fraction of sp³-hybridized carbons (Fsp3) is 0.130. The number of ether oxygens (including phenoxy) is 1. The van der Waals surface area contributed by atoms with Crippen LogP contribution in [0.5, 0.6) is 0 Å². The summed E-state index contributed by atoms with van der Waals surface area (Å²) in [6.45, 7) is 1.56. The van der Waals surface area contributed by atoms with Gasteiger partial charge in [0.15, 0.2) is 6.10 Å². The Labute approximate surface area is 169 Å². The topological polar surface area (TPSA) is 55.4 Å². The van der Waals surface area contributed by atoms with Gasteiger partial charge in [-0.3, -0.25) is 9.59 Å². The Bertz CT molecular complexity index is 955. The molecule has 5 heteroatoms. The van der Waals surface area contributed by atoms with E-state index in [9.17, 15) is 9.59 Å². The van der Waals surface area contributed by atoms with Crippen LogP contribution in [0, 0.1) is 0 Å². The number of benzene rings is 3. The first-order valence-corrected chi connectivity index (χ1v) is 9.30. The molecule has 28 heavy (non-hydrogen) atoms. The Balaban J connectivity index is 1.63. The summed E-state index contributed by atoms with van der Waals surface area (Å²) in [7, 11) is 0. The number of carbonyl (C=O) groups excluding carboxylic acids is 2. The standard InChI is InChI=1S/C23H20ClNO3/c1-16(28-22(26)15-17-11-13-19(24)14-12-17)23(27)25-21-10-6-5-9-20(21)18-7-3-2-4-8-18/h2-14,16H,15H2,1H3,(H,25,27)/t16-/m0/s1. The number of amides is 1. The maximum Gasteiger partial charge on any atom is 0.311 e. The lowest BCUT2D eigenvalue weighted by Gasteiger charge is -2.16. The van der Waals surface area contributed by atoms with Gasteiger partial charge in [0.05, 0.1) is 6.42 Å². The SMILES string of the molecule is C[C@H](OC(=O)Cc1ccc(Cl)cc1)C(=O)Nc1ccccc1-c1ccccc1. The Morgan fingerprint density at radius 1 is 0.929 bits per heavy atom. The smallest absolute Gasteiger partial charge is 0.311 e. The molecule has 0 unspecified atom stereocenters. The van der Waals surface area contributed by atoms with Crippen LogP contribution < -0.4 is 5.32 Å². The Kier molecular flexibility index (Phi) is 6.45. The highest BCUT2D eigenvalue weighted by Crippen LogP contribution is 2.27. The zero-order valence-electron chi connectivity index (χ0n) is 15.4. The number of nitrogens with one attached hydrogen (secondary N) is 1. The highest BCUT2D eigenvalue weighted by Gasteiger charge is 2.19. The van der Waals surface area contributed by atoms with E-state index in [0.717, 1.165) is 16.7 Å². The predicted octanol–water partition coefficient (Wildman–Crippen LogP) is 5.12. The molecule has 1 N–H and O–H groups in total. The van der Waals surface area contributed by atoms with Crippen molar-refractivity contribution in [3.8, 4) is 11.1 Å². The van der Waals surface area contributed by atoms with Crippen molar-refractivity contribution in [2.45, 2.75) is 19.4 Å². The van der Waals surface area contributed by atoms with Gasteiger partial charge in [0.1, 0.15) is 0 Å². The van der Waals surface area contributed by atoms with Crippen molar-refractivity contribution in [2.75, 3.05) is 5.32 Å². The molecule has 3 rings (SSSR count). The third-order valence-electron chi connectivity index (χ3n) is 4.21. The average molecular weight is 394 g/mol. The molecule has 0 saturated carbocycles. The Hall–Kier alpha value is -3.11. The molecule has 3 aromatic carbocycles. The van der Waals surface area contributed by atoms with Crippen LogP contribution in [0.3, 0.4) is 0 Å². The van der Waals surface area contributed by atoms with Crippen molar-refractivity contribution in [2.24, 2.45) is 0 Å². The molecule has 0 spiro atoms. The summed E-state index contributed by atoms with van der Waals surface area (Å²) in [6, 6.07) is 24.2. The molecular weight excluding hydrogens is 374 g/mol. The van der Waals surface area contributed by atoms with E-state index in [1.807, 2.05) is 54.6 Å². The molecule has 0 saturated heterocycles. The normalized spacial score (nSPS) is 11.5. The van der Waals surface area contributed by atoms with Gasteiger partial charge in [0.2, 0.25) is 0 Å². The second-order valence-corrected chi connectivity index (χ2v) is 6.77. The monoisotopic (exact) mass is 393 g/mol. The van der Waals surface area contributed by atoms with Crippen LogP contribution in [0.4, 0.5) is 5.69 Å². The lowest BCUT2D eigenvalue weighted by molar-refractivity contribution is -0.152. The third-order valence-corrected chi connectivity index (χ3v) is 4.46. The van der Waals surface area contributed by atoms with Gasteiger partial charge < -0.3 is 10.1 Å². The molecule has 3 aromatic rings. The van der Waals surface area contributed by atoms with Crippen molar-refractivity contribution >= 4 is 29.2 Å². The molecule has 0 aliphatic rings. The molecule has 1 amide bonds. The Morgan fingerprint density at radius 2 is 1.57 bits per heavy atom. The largest absolute Gasteiger partial charge is 0.452 e. The maximum absolute atomic E-state index is 12.5. The maximum atomic E-state index is 12.5. The van der Waals surface area contributed by atoms with Crippen LogP contribution in [0.25, 0.3) is 11.1 Å². The number of halogens is 1. The predicted molar refractivity (Wildman–Crippen MR) is 111 cm³/mol. The first kappa shape index (κ1) is 19.6. The molecule has 142 valence electrons. The van der Waals surface area contributed by atoms with Gasteiger partial charge in [0.25, 0.3) is 5.91 Å². The molecule has 0 aromatic heterocycles. The number of para-hydroxylation sites is 1. The minimum Gasteiger partial charge on any atom is -0.452 e. The number of hydrogen-bond acceptors (Lipinski definition) is 3. The van der Waals surface area contributed by atoms with E-state index in [4.69, 9.17) is 16.3 Å². The number of rotatable bonds is 6. The number of carbonyl (C=O) groups is 2. The third kappa shape index (κ3) is 5.21. The van der Waals surface area contributed by atoms with Crippen LogP contribution in [0.15, 0.2) is 78.9 Å². The summed E-state index contributed by atoms with van der Waals surface area (Å²) in [6.07, 6.45) is -0.835. The molecule has 4 nitrogen and oxygen atoms in total. The van der Waals surface area contributed by atoms with Gasteiger partial charge >= 0.3 is 5.97 Å². The van der Waals surface area contributed by atoms with Crippen LogP contribution >= 0.6 is 11.6 Å². The lowest BCUT2D eigenvalue weighted by atomic mass is 10.0. The molecule has 0 aliphatic carbocycles. The fourth-order valence-electron chi connectivity index (χ4n) is 2.76. The zero-order valence-corrected chi connectivity index (χ0v) is 16.1. The van der Waals surface area contributed by atoms with Gasteiger partial charge in [-0.25, -0.2) is 0 Å². The van der Waals surface area contributed by atoms with Crippen molar-refractivity contribution in [3.05, 3.63) is 89.4 Å². The van der Waals surface area contributed by atoms with Crippen LogP contribution in [0.2, 0.25) is 5.02 Å². The highest BCUT2D eigenvalue weighted by atomic mass is 35.5. The highest BCUT2D eigenvalue weighted by molar-refractivity contribution is 6.30. The van der Waals surface area contributed by atoms with Crippen LogP contribution in [-0.2, 0) is 20.7 Å². The molecule has 0 fully saturated rings. The second kappa shape index (κ2) is 9.20. The Morgan fingerprint density at radius 3 is 2.29 bits per heavy atom. The summed E-state index contributed by atoms with van der Waals surface area (Å²) >= 11 is 5.84. The van der Waals surface area contributed by atoms with E-state index in [2.05, 4.69) is 5.32 Å². The van der Waals surface area contributed by atoms with Gasteiger partial charge in [-0.15, -0.1) is 0 Å². The first-order chi connectivity index (χ1) is 13.5. The van der Waals surface area contributed by atoms with E-state index in [1.54, 1.807) is 31.2 Å². The number of hydrogen-bond donors (Lipinski definition) is 1. The van der Waals surface area contributed by atoms with Gasteiger partial charge in [0, 0.05) is 16.3 Å². The molecule has 1 atom stereocenters. The van der Waals surface area contributed by atoms with Crippen molar-refractivity contribution < 1.29 is 14.3 Å². The van der Waals surface area contributed by atoms with E-state index >= 15 is 0 Å². The number of anilines is 1. The molecule has 0 radical (unpaired) electrons. The summed E-state index contributed by atoms with van der Waals surface area (Å²) in [4.78, 5) is 24.6. The van der Waals surface area contributed by atoms with E-state index in [1.165, 1.54) is 0 Å². The summed E-state index contributed by atoms with van der Waals surface area (Å²) in [5, 5.41) is 3.45. The molecular formula is C23H20ClNO3. The van der Waals surface area contributed by atoms with Crippen molar-refractivity contribution in [1.82, 2.24) is 0 Å². The minimum absolute atomic E-state index is 0.0788. The summed E-state index contributed by atoms with van der Waals surface area (Å²) < 4.78 is 5.28. The van der Waals surface area contributed by atoms with Crippen molar-refractivity contribution in [1.29, 1.82) is 0 Å². The van der Waals surface area contributed by atoms with E-state index < -0.39 is 12.1 Å². The van der Waals surface area contributed by atoms with E-state index in [0.29, 0.717) is 10.7 Å². The molecule has 0 aliphatic heterocycles. The minimum atomic E-state index is -0.913. The average Bonchev–Trinajstić information content (AvgIpc) is 2.70. The molecule has 0 bridgehead atoms. The van der Waals surface area contributed by atoms with Crippen LogP contribution in [-0.4, -0.2) is 18.0 Å². The number of esters is 1. The lowest BCUT2D eigenvalue weighted by Crippen LogP contribution is -2.30. The van der Waals surface area contributed by atoms with Crippen molar-refractivity contribution in [3.63, 3.8) is 0 Å². The van der Waals surface area contributed by atoms with Gasteiger partial charge in [-0.2, -0.15) is 0 Å². The van der Waals surface area contributed by atoms with Gasteiger partial charge in [-0.1, -0.05) is 72.3 Å². The molecule has 0 heterocycles. The zero-order chi connectivity index (χ0) is 19.9. The van der Waals surface area contributed by atoms with Gasteiger partial charge in [-0.05, 0) is 36.2 Å². The second-order valence-electron chi connectivity index (χ2n) is 6.34. The first-order valence-electron chi connectivity index (χ1n) is 8.92. The summed E-state index contributed by atoms with van der Waals surface area (Å²) in [5.41, 5.74) is 3.33. The fourth-order valence-corrected chi connectivity index (χ4v) is 2.88.